The van der Waals surface area contributed by atoms with Crippen LogP contribution in [-0.2, 0) is 12.1 Å². The molecular weight excluding hydrogens is 272 g/mol. The molecule has 96 valence electrons. The first kappa shape index (κ1) is 12.9. The minimum Gasteiger partial charge on any atom is -0.240 e. The number of hydrogen-bond donors (Lipinski definition) is 0. The van der Waals surface area contributed by atoms with E-state index in [4.69, 9.17) is 11.6 Å². The van der Waals surface area contributed by atoms with Crippen LogP contribution >= 0.6 is 11.6 Å². The quantitative estimate of drug-likeness (QED) is 0.604. The number of nitrogens with zero attached hydrogens (tertiary/aromatic N) is 2. The van der Waals surface area contributed by atoms with Gasteiger partial charge in [-0.05, 0) is 29.8 Å². The van der Waals surface area contributed by atoms with E-state index in [1.807, 2.05) is 0 Å². The van der Waals surface area contributed by atoms with Gasteiger partial charge >= 0.3 is 6.18 Å². The van der Waals surface area contributed by atoms with E-state index in [-0.39, 0.29) is 5.88 Å². The van der Waals surface area contributed by atoms with Crippen molar-refractivity contribution >= 4 is 11.6 Å². The second kappa shape index (κ2) is 4.61. The lowest BCUT2D eigenvalue weighted by molar-refractivity contribution is -0.141. The van der Waals surface area contributed by atoms with Crippen LogP contribution in [0.4, 0.5) is 17.6 Å². The van der Waals surface area contributed by atoms with Gasteiger partial charge in [0, 0.05) is 12.1 Å². The molecule has 2 aromatic rings. The van der Waals surface area contributed by atoms with Crippen LogP contribution in [0, 0.1) is 5.82 Å². The van der Waals surface area contributed by atoms with Crippen LogP contribution in [0.2, 0.25) is 0 Å². The molecule has 2 nitrogen and oxygen atoms in total. The summed E-state index contributed by atoms with van der Waals surface area (Å²) in [4.78, 5) is 0. The highest BCUT2D eigenvalue weighted by Gasteiger charge is 2.33. The van der Waals surface area contributed by atoms with E-state index in [1.54, 1.807) is 0 Å². The molecule has 0 spiro atoms. The van der Waals surface area contributed by atoms with E-state index in [9.17, 15) is 17.6 Å². The molecule has 0 aliphatic carbocycles. The average Bonchev–Trinajstić information content (AvgIpc) is 2.77. The van der Waals surface area contributed by atoms with E-state index >= 15 is 0 Å². The predicted molar refractivity (Wildman–Crippen MR) is 58.1 cm³/mol. The molecular formula is C11H7ClF4N2. The monoisotopic (exact) mass is 278 g/mol. The smallest absolute Gasteiger partial charge is 0.240 e. The van der Waals surface area contributed by atoms with Gasteiger partial charge in [-0.15, -0.1) is 11.6 Å². The molecule has 0 N–H and O–H groups in total. The summed E-state index contributed by atoms with van der Waals surface area (Å²) in [6.07, 6.45) is -3.35. The molecule has 1 aromatic heterocycles. The minimum atomic E-state index is -4.51. The van der Waals surface area contributed by atoms with Gasteiger partial charge in [0.15, 0.2) is 5.69 Å². The molecule has 2 rings (SSSR count). The molecule has 0 radical (unpaired) electrons. The topological polar surface area (TPSA) is 17.8 Å². The molecule has 0 aliphatic heterocycles. The number of aromatic nitrogens is 2. The van der Waals surface area contributed by atoms with Gasteiger partial charge in [0.05, 0.1) is 5.69 Å². The lowest BCUT2D eigenvalue weighted by Gasteiger charge is -2.07. The van der Waals surface area contributed by atoms with Gasteiger partial charge in [0.2, 0.25) is 0 Å². The molecule has 0 aliphatic rings. The number of benzene rings is 1. The fourth-order valence-electron chi connectivity index (χ4n) is 1.49. The van der Waals surface area contributed by atoms with Gasteiger partial charge in [-0.1, -0.05) is 0 Å². The molecule has 0 bridgehead atoms. The summed E-state index contributed by atoms with van der Waals surface area (Å²) in [7, 11) is 0. The first-order chi connectivity index (χ1) is 8.41. The van der Waals surface area contributed by atoms with Gasteiger partial charge in [-0.25, -0.2) is 9.07 Å². The van der Waals surface area contributed by atoms with Crippen molar-refractivity contribution in [3.05, 3.63) is 47.5 Å². The molecule has 0 saturated heterocycles. The Morgan fingerprint density at radius 2 is 1.94 bits per heavy atom. The summed E-state index contributed by atoms with van der Waals surface area (Å²) in [5.74, 6) is -0.522. The summed E-state index contributed by atoms with van der Waals surface area (Å²) >= 11 is 5.62. The third-order valence-corrected chi connectivity index (χ3v) is 2.60. The Labute approximate surface area is 105 Å². The second-order valence-electron chi connectivity index (χ2n) is 3.55. The average molecular weight is 279 g/mol. The maximum atomic E-state index is 13.0. The zero-order chi connectivity index (χ0) is 13.3. The van der Waals surface area contributed by atoms with Crippen molar-refractivity contribution in [2.24, 2.45) is 0 Å². The Kier molecular flexibility index (Phi) is 3.30. The Hall–Kier alpha value is -1.56. The summed E-state index contributed by atoms with van der Waals surface area (Å²) in [5, 5.41) is 3.40. The van der Waals surface area contributed by atoms with Crippen LogP contribution < -0.4 is 0 Å². The molecule has 1 heterocycles. The molecule has 18 heavy (non-hydrogen) atoms. The van der Waals surface area contributed by atoms with Gasteiger partial charge in [0.1, 0.15) is 5.82 Å². The lowest BCUT2D eigenvalue weighted by Crippen LogP contribution is -2.08. The van der Waals surface area contributed by atoms with Crippen LogP contribution in [0.25, 0.3) is 5.69 Å². The summed E-state index contributed by atoms with van der Waals surface area (Å²) in [5.41, 5.74) is -0.317. The van der Waals surface area contributed by atoms with Crippen molar-refractivity contribution in [3.8, 4) is 5.69 Å². The molecule has 0 amide bonds. The fraction of sp³-hybridized carbons (Fsp3) is 0.182. The zero-order valence-corrected chi connectivity index (χ0v) is 9.63. The van der Waals surface area contributed by atoms with Crippen molar-refractivity contribution in [3.63, 3.8) is 0 Å². The van der Waals surface area contributed by atoms with Crippen molar-refractivity contribution in [2.45, 2.75) is 12.1 Å². The maximum absolute atomic E-state index is 13.0. The number of alkyl halides is 4. The molecule has 0 saturated carbocycles. The zero-order valence-electron chi connectivity index (χ0n) is 8.88. The largest absolute Gasteiger partial charge is 0.435 e. The third-order valence-electron chi connectivity index (χ3n) is 2.31. The summed E-state index contributed by atoms with van der Waals surface area (Å²) in [6.45, 7) is 0. The molecule has 0 fully saturated rings. The van der Waals surface area contributed by atoms with E-state index in [0.717, 1.165) is 29.1 Å². The highest BCUT2D eigenvalue weighted by atomic mass is 35.5. The van der Waals surface area contributed by atoms with Gasteiger partial charge in [0.25, 0.3) is 0 Å². The van der Waals surface area contributed by atoms with E-state index in [2.05, 4.69) is 5.10 Å². The highest BCUT2D eigenvalue weighted by molar-refractivity contribution is 6.17. The van der Waals surface area contributed by atoms with Crippen LogP contribution in [0.3, 0.4) is 0 Å². The standard InChI is InChI=1S/C11H7ClF4N2/c12-6-7-5-8(13)1-2-9(7)18-4-3-10(17-18)11(14,15)16/h1-5H,6H2. The van der Waals surface area contributed by atoms with Crippen LogP contribution in [0.15, 0.2) is 30.5 Å². The summed E-state index contributed by atoms with van der Waals surface area (Å²) < 4.78 is 51.2. The van der Waals surface area contributed by atoms with Crippen molar-refractivity contribution in [1.29, 1.82) is 0 Å². The summed E-state index contributed by atoms with van der Waals surface area (Å²) in [6, 6.07) is 4.49. The Morgan fingerprint density at radius 1 is 1.22 bits per heavy atom. The van der Waals surface area contributed by atoms with Crippen molar-refractivity contribution < 1.29 is 17.6 Å². The molecule has 7 heteroatoms. The molecule has 1 aromatic carbocycles. The van der Waals surface area contributed by atoms with Crippen molar-refractivity contribution in [2.75, 3.05) is 0 Å². The van der Waals surface area contributed by atoms with Gasteiger partial charge in [-0.3, -0.25) is 0 Å². The van der Waals surface area contributed by atoms with E-state index < -0.39 is 17.7 Å². The number of hydrogen-bond acceptors (Lipinski definition) is 1. The first-order valence-electron chi connectivity index (χ1n) is 4.89. The minimum absolute atomic E-state index is 0.0195. The maximum Gasteiger partial charge on any atom is 0.435 e. The SMILES string of the molecule is Fc1ccc(-n2ccc(C(F)(F)F)n2)c(CCl)c1. The first-order valence-corrected chi connectivity index (χ1v) is 5.43. The number of rotatable bonds is 2. The highest BCUT2D eigenvalue weighted by Crippen LogP contribution is 2.28. The van der Waals surface area contributed by atoms with Crippen molar-refractivity contribution in [1.82, 2.24) is 9.78 Å². The van der Waals surface area contributed by atoms with Crippen LogP contribution in [-0.4, -0.2) is 9.78 Å². The van der Waals surface area contributed by atoms with Gasteiger partial charge < -0.3 is 0 Å². The molecule has 0 unspecified atom stereocenters. The predicted octanol–water partition coefficient (Wildman–Crippen LogP) is 3.77. The lowest BCUT2D eigenvalue weighted by atomic mass is 10.2. The number of halogens is 5. The third kappa shape index (κ3) is 2.48. The fourth-order valence-corrected chi connectivity index (χ4v) is 1.71. The van der Waals surface area contributed by atoms with E-state index in [1.165, 1.54) is 6.07 Å². The Bertz CT molecular complexity index is 562. The Morgan fingerprint density at radius 3 is 2.50 bits per heavy atom. The van der Waals surface area contributed by atoms with Gasteiger partial charge in [-0.2, -0.15) is 18.3 Å². The normalized spacial score (nSPS) is 11.8. The second-order valence-corrected chi connectivity index (χ2v) is 3.82. The molecule has 0 atom stereocenters. The Balaban J connectivity index is 2.46. The van der Waals surface area contributed by atoms with Crippen LogP contribution in [0.1, 0.15) is 11.3 Å². The van der Waals surface area contributed by atoms with E-state index in [0.29, 0.717) is 11.3 Å². The van der Waals surface area contributed by atoms with Crippen LogP contribution in [0.5, 0.6) is 0 Å².